The zero-order valence-electron chi connectivity index (χ0n) is 27.0. The zero-order chi connectivity index (χ0) is 34.3. The van der Waals surface area contributed by atoms with Gasteiger partial charge in [-0.25, -0.2) is 4.79 Å². The average molecular weight is 663 g/mol. The second kappa shape index (κ2) is 30.3. The van der Waals surface area contributed by atoms with Gasteiger partial charge in [0.15, 0.2) is 0 Å². The maximum Gasteiger partial charge on any atom is 0.326 e. The molecule has 0 aliphatic rings. The molecule has 0 aromatic rings. The van der Waals surface area contributed by atoms with Crippen molar-refractivity contribution in [3.63, 3.8) is 0 Å². The molecule has 0 heterocycles. The minimum atomic E-state index is -1.21. The van der Waals surface area contributed by atoms with Gasteiger partial charge in [0.05, 0.1) is 39.6 Å². The minimum Gasteiger partial charge on any atom is -0.480 e. The summed E-state index contributed by atoms with van der Waals surface area (Å²) in [5.74, 6) is -2.61. The quantitative estimate of drug-likeness (QED) is 0.0406. The van der Waals surface area contributed by atoms with E-state index in [1.165, 1.54) is 0 Å². The van der Waals surface area contributed by atoms with Crippen LogP contribution in [0, 0.1) is 0 Å². The third-order valence-electron chi connectivity index (χ3n) is 6.00. The number of hydrogen-bond acceptors (Lipinski definition) is 11. The van der Waals surface area contributed by atoms with Gasteiger partial charge in [0, 0.05) is 45.4 Å². The molecule has 0 fully saturated rings. The number of carbonyl (C=O) groups is 6. The van der Waals surface area contributed by atoms with Gasteiger partial charge in [0.2, 0.25) is 29.5 Å². The minimum absolute atomic E-state index is 0.0177. The SMILES string of the molecule is CCCCNC(=O)CCCNC(=O)COCCOCCNC(=O)COCCOCCNC(=O)CCC(NC(=O)CCCN)C(=O)O. The van der Waals surface area contributed by atoms with E-state index in [-0.39, 0.29) is 109 Å². The van der Waals surface area contributed by atoms with E-state index < -0.39 is 17.9 Å². The molecule has 5 amide bonds. The summed E-state index contributed by atoms with van der Waals surface area (Å²) in [6.07, 6.45) is 3.34. The largest absolute Gasteiger partial charge is 0.480 e. The number of aliphatic carboxylic acids is 1. The molecular weight excluding hydrogens is 608 g/mol. The van der Waals surface area contributed by atoms with Crippen molar-refractivity contribution >= 4 is 35.5 Å². The number of unbranched alkanes of at least 4 members (excludes halogenated alkanes) is 1. The van der Waals surface area contributed by atoms with Crippen molar-refractivity contribution in [2.45, 2.75) is 64.3 Å². The Hall–Kier alpha value is -3.38. The number of hydrogen-bond donors (Lipinski definition) is 7. The highest BCUT2D eigenvalue weighted by Crippen LogP contribution is 2.00. The molecule has 0 rings (SSSR count). The Balaban J connectivity index is 3.58. The highest BCUT2D eigenvalue weighted by atomic mass is 16.5. The molecule has 0 aliphatic carbocycles. The summed E-state index contributed by atoms with van der Waals surface area (Å²) in [4.78, 5) is 70.0. The summed E-state index contributed by atoms with van der Waals surface area (Å²) in [5.41, 5.74) is 5.33. The van der Waals surface area contributed by atoms with Crippen LogP contribution >= 0.6 is 0 Å². The first kappa shape index (κ1) is 42.6. The Morgan fingerprint density at radius 1 is 0.587 bits per heavy atom. The topological polar surface area (TPSA) is 246 Å². The highest BCUT2D eigenvalue weighted by Gasteiger charge is 2.20. The number of carboxylic acids is 1. The average Bonchev–Trinajstić information content (AvgIpc) is 3.02. The van der Waals surface area contributed by atoms with E-state index in [0.29, 0.717) is 38.9 Å². The van der Waals surface area contributed by atoms with Gasteiger partial charge < -0.3 is 56.4 Å². The van der Waals surface area contributed by atoms with Crippen LogP contribution in [0.15, 0.2) is 0 Å². The molecule has 46 heavy (non-hydrogen) atoms. The smallest absolute Gasteiger partial charge is 0.326 e. The van der Waals surface area contributed by atoms with Gasteiger partial charge in [-0.15, -0.1) is 0 Å². The Kier molecular flexibility index (Phi) is 28.1. The molecule has 0 aromatic heterocycles. The first-order valence-electron chi connectivity index (χ1n) is 15.8. The summed E-state index contributed by atoms with van der Waals surface area (Å²) in [6, 6.07) is -1.15. The number of amides is 5. The Labute approximate surface area is 270 Å². The number of rotatable bonds is 31. The Bertz CT molecular complexity index is 879. The number of ether oxygens (including phenoxy) is 4. The molecule has 1 atom stereocenters. The molecule has 0 bridgehead atoms. The number of nitrogens with one attached hydrogen (secondary N) is 5. The third kappa shape index (κ3) is 28.1. The summed E-state index contributed by atoms with van der Waals surface area (Å²) >= 11 is 0. The molecule has 0 aliphatic heterocycles. The standard InChI is InChI=1S/C29H54N6O11/c1-2-3-11-31-24(36)7-5-12-32-27(39)21-45-19-18-44-16-14-34-28(40)22-46-20-17-43-15-13-33-25(37)9-8-23(29(41)42)35-26(38)6-4-10-30/h23H,2-22,30H2,1H3,(H,31,36)(H,32,39)(H,33,37)(H,34,40)(H,35,38)(H,41,42). The van der Waals surface area contributed by atoms with E-state index >= 15 is 0 Å². The monoisotopic (exact) mass is 662 g/mol. The molecule has 17 nitrogen and oxygen atoms in total. The first-order valence-corrected chi connectivity index (χ1v) is 15.8. The van der Waals surface area contributed by atoms with E-state index in [2.05, 4.69) is 33.5 Å². The van der Waals surface area contributed by atoms with Crippen molar-refractivity contribution in [1.29, 1.82) is 0 Å². The molecule has 0 saturated carbocycles. The third-order valence-corrected chi connectivity index (χ3v) is 6.00. The van der Waals surface area contributed by atoms with E-state index in [4.69, 9.17) is 24.7 Å². The summed E-state index contributed by atoms with van der Waals surface area (Å²) in [5, 5.41) is 22.3. The zero-order valence-corrected chi connectivity index (χ0v) is 27.0. The lowest BCUT2D eigenvalue weighted by Gasteiger charge is -2.14. The fraction of sp³-hybridized carbons (Fsp3) is 0.793. The van der Waals surface area contributed by atoms with Crippen LogP contribution < -0.4 is 32.3 Å². The Morgan fingerprint density at radius 2 is 1.07 bits per heavy atom. The van der Waals surface area contributed by atoms with Crippen LogP contribution in [0.25, 0.3) is 0 Å². The van der Waals surface area contributed by atoms with Crippen molar-refractivity contribution in [3.8, 4) is 0 Å². The van der Waals surface area contributed by atoms with Crippen LogP contribution in [0.1, 0.15) is 58.3 Å². The fourth-order valence-electron chi connectivity index (χ4n) is 3.52. The van der Waals surface area contributed by atoms with Crippen LogP contribution in [-0.2, 0) is 47.7 Å². The van der Waals surface area contributed by atoms with Crippen LogP contribution in [0.2, 0.25) is 0 Å². The maximum absolute atomic E-state index is 11.9. The lowest BCUT2D eigenvalue weighted by Crippen LogP contribution is -2.41. The summed E-state index contributed by atoms with van der Waals surface area (Å²) < 4.78 is 21.1. The second-order valence-electron chi connectivity index (χ2n) is 10.1. The molecule has 1 unspecified atom stereocenters. The van der Waals surface area contributed by atoms with Crippen molar-refractivity contribution in [1.82, 2.24) is 26.6 Å². The van der Waals surface area contributed by atoms with Crippen molar-refractivity contribution < 1.29 is 52.8 Å². The van der Waals surface area contributed by atoms with Gasteiger partial charge in [0.1, 0.15) is 19.3 Å². The molecule has 8 N–H and O–H groups in total. The Morgan fingerprint density at radius 3 is 1.63 bits per heavy atom. The van der Waals surface area contributed by atoms with Crippen LogP contribution in [0.5, 0.6) is 0 Å². The van der Waals surface area contributed by atoms with Gasteiger partial charge in [-0.2, -0.15) is 0 Å². The van der Waals surface area contributed by atoms with Crippen molar-refractivity contribution in [2.24, 2.45) is 5.73 Å². The number of carbonyl (C=O) groups excluding carboxylic acids is 5. The molecule has 0 saturated heterocycles. The van der Waals surface area contributed by atoms with Crippen LogP contribution in [-0.4, -0.2) is 132 Å². The van der Waals surface area contributed by atoms with Crippen LogP contribution in [0.3, 0.4) is 0 Å². The molecule has 266 valence electrons. The van der Waals surface area contributed by atoms with Crippen LogP contribution in [0.4, 0.5) is 0 Å². The van der Waals surface area contributed by atoms with Gasteiger partial charge >= 0.3 is 5.97 Å². The van der Waals surface area contributed by atoms with Crippen molar-refractivity contribution in [3.05, 3.63) is 0 Å². The summed E-state index contributed by atoms with van der Waals surface area (Å²) in [6.45, 7) is 4.98. The van der Waals surface area contributed by atoms with E-state index in [1.54, 1.807) is 0 Å². The van der Waals surface area contributed by atoms with E-state index in [9.17, 15) is 33.9 Å². The molecule has 0 spiro atoms. The fourth-order valence-corrected chi connectivity index (χ4v) is 3.52. The number of carboxylic acid groups (broad SMARTS) is 1. The first-order chi connectivity index (χ1) is 22.2. The molecule has 17 heteroatoms. The van der Waals surface area contributed by atoms with Crippen molar-refractivity contribution in [2.75, 3.05) is 85.6 Å². The predicted molar refractivity (Wildman–Crippen MR) is 167 cm³/mol. The molecule has 0 radical (unpaired) electrons. The van der Waals surface area contributed by atoms with E-state index in [0.717, 1.165) is 12.8 Å². The van der Waals surface area contributed by atoms with E-state index in [1.807, 2.05) is 0 Å². The van der Waals surface area contributed by atoms with Gasteiger partial charge in [-0.1, -0.05) is 13.3 Å². The van der Waals surface area contributed by atoms with Gasteiger partial charge in [-0.05, 0) is 32.2 Å². The predicted octanol–water partition coefficient (Wildman–Crippen LogP) is -1.81. The second-order valence-corrected chi connectivity index (χ2v) is 10.1. The normalized spacial score (nSPS) is 11.3. The number of nitrogens with two attached hydrogens (primary N) is 1. The lowest BCUT2D eigenvalue weighted by atomic mass is 10.1. The van der Waals surface area contributed by atoms with Gasteiger partial charge in [0.25, 0.3) is 0 Å². The summed E-state index contributed by atoms with van der Waals surface area (Å²) in [7, 11) is 0. The molecule has 0 aromatic carbocycles. The maximum atomic E-state index is 11.9. The molecular formula is C29H54N6O11. The van der Waals surface area contributed by atoms with Gasteiger partial charge in [-0.3, -0.25) is 24.0 Å². The lowest BCUT2D eigenvalue weighted by molar-refractivity contribution is -0.142. The highest BCUT2D eigenvalue weighted by molar-refractivity contribution is 5.84.